The highest BCUT2D eigenvalue weighted by molar-refractivity contribution is 5.52. The van der Waals surface area contributed by atoms with Gasteiger partial charge in [-0.05, 0) is 47.4 Å². The van der Waals surface area contributed by atoms with Crippen molar-refractivity contribution in [1.82, 2.24) is 10.2 Å². The van der Waals surface area contributed by atoms with E-state index in [0.717, 1.165) is 43.1 Å². The summed E-state index contributed by atoms with van der Waals surface area (Å²) < 4.78 is 24.5. The summed E-state index contributed by atoms with van der Waals surface area (Å²) in [6.07, 6.45) is 0.973. The van der Waals surface area contributed by atoms with Crippen LogP contribution in [0, 0.1) is 5.82 Å². The van der Waals surface area contributed by atoms with Crippen LogP contribution in [0.5, 0.6) is 11.5 Å². The summed E-state index contributed by atoms with van der Waals surface area (Å²) in [5, 5.41) is 3.49. The first-order valence-electron chi connectivity index (χ1n) is 8.68. The van der Waals surface area contributed by atoms with E-state index in [4.69, 9.17) is 9.47 Å². The molecule has 1 N–H and O–H groups in total. The van der Waals surface area contributed by atoms with Crippen LogP contribution in [0.25, 0.3) is 0 Å². The molecule has 0 bridgehead atoms. The number of ether oxygens (including phenoxy) is 2. The summed E-state index contributed by atoms with van der Waals surface area (Å²) >= 11 is 0. The highest BCUT2D eigenvalue weighted by Gasteiger charge is 2.37. The summed E-state index contributed by atoms with van der Waals surface area (Å²) in [6.45, 7) is 2.91. The molecule has 25 heavy (non-hydrogen) atoms. The molecule has 0 aromatic heterocycles. The predicted molar refractivity (Wildman–Crippen MR) is 94.9 cm³/mol. The molecule has 0 radical (unpaired) electrons. The van der Waals surface area contributed by atoms with Gasteiger partial charge in [0.2, 0.25) is 0 Å². The molecular weight excluding hydrogens is 319 g/mol. The zero-order valence-corrected chi connectivity index (χ0v) is 14.6. The number of nitrogens with zero attached hydrogens (tertiary/aromatic N) is 1. The van der Waals surface area contributed by atoms with Gasteiger partial charge in [0.25, 0.3) is 0 Å². The van der Waals surface area contributed by atoms with Crippen molar-refractivity contribution in [3.05, 3.63) is 58.9 Å². The molecule has 4 nitrogen and oxygen atoms in total. The van der Waals surface area contributed by atoms with Gasteiger partial charge < -0.3 is 14.8 Å². The molecule has 2 aromatic rings. The number of methoxy groups -OCH3 is 2. The molecular formula is C20H23FN2O2. The molecule has 1 saturated heterocycles. The Bertz CT molecular complexity index is 763. The van der Waals surface area contributed by atoms with Gasteiger partial charge in [-0.3, -0.25) is 4.90 Å². The van der Waals surface area contributed by atoms with Gasteiger partial charge in [0, 0.05) is 25.7 Å². The molecule has 4 rings (SSSR count). The fraction of sp³-hybridized carbons (Fsp3) is 0.400. The van der Waals surface area contributed by atoms with E-state index in [1.807, 2.05) is 12.1 Å². The maximum absolute atomic E-state index is 13.4. The largest absolute Gasteiger partial charge is 0.493 e. The van der Waals surface area contributed by atoms with Crippen LogP contribution in [0.2, 0.25) is 0 Å². The van der Waals surface area contributed by atoms with Gasteiger partial charge in [-0.2, -0.15) is 0 Å². The molecule has 2 atom stereocenters. The second-order valence-corrected chi connectivity index (χ2v) is 6.66. The van der Waals surface area contributed by atoms with Crippen LogP contribution in [0.1, 0.15) is 22.7 Å². The van der Waals surface area contributed by atoms with E-state index in [2.05, 4.69) is 22.3 Å². The van der Waals surface area contributed by atoms with E-state index >= 15 is 0 Å². The maximum Gasteiger partial charge on any atom is 0.161 e. The van der Waals surface area contributed by atoms with Crippen molar-refractivity contribution in [2.24, 2.45) is 0 Å². The van der Waals surface area contributed by atoms with Crippen molar-refractivity contribution in [3.8, 4) is 11.5 Å². The Morgan fingerprint density at radius 1 is 1.08 bits per heavy atom. The van der Waals surface area contributed by atoms with Gasteiger partial charge in [-0.15, -0.1) is 0 Å². The topological polar surface area (TPSA) is 33.7 Å². The van der Waals surface area contributed by atoms with Crippen LogP contribution in [0.15, 0.2) is 36.4 Å². The van der Waals surface area contributed by atoms with Crippen LogP contribution in [-0.2, 0) is 6.42 Å². The Morgan fingerprint density at radius 2 is 1.80 bits per heavy atom. The van der Waals surface area contributed by atoms with Gasteiger partial charge in [0.1, 0.15) is 5.82 Å². The van der Waals surface area contributed by atoms with Gasteiger partial charge in [-0.25, -0.2) is 4.39 Å². The zero-order chi connectivity index (χ0) is 17.4. The highest BCUT2D eigenvalue weighted by atomic mass is 19.1. The van der Waals surface area contributed by atoms with Crippen molar-refractivity contribution in [2.75, 3.05) is 33.9 Å². The Hall–Kier alpha value is -2.11. The molecule has 2 aromatic carbocycles. The van der Waals surface area contributed by atoms with E-state index in [9.17, 15) is 4.39 Å². The van der Waals surface area contributed by atoms with Crippen LogP contribution >= 0.6 is 0 Å². The van der Waals surface area contributed by atoms with Crippen LogP contribution in [0.3, 0.4) is 0 Å². The first-order valence-corrected chi connectivity index (χ1v) is 8.68. The lowest BCUT2D eigenvalue weighted by Gasteiger charge is -2.46. The number of fused-ring (bicyclic) bond motifs is 2. The molecule has 5 heteroatoms. The summed E-state index contributed by atoms with van der Waals surface area (Å²) in [5.74, 6) is 1.29. The minimum absolute atomic E-state index is 0.108. The number of piperazine rings is 1. The Balaban J connectivity index is 1.86. The lowest BCUT2D eigenvalue weighted by atomic mass is 9.83. The van der Waals surface area contributed by atoms with Crippen LogP contribution < -0.4 is 14.8 Å². The highest BCUT2D eigenvalue weighted by Crippen LogP contribution is 2.43. The molecule has 0 aliphatic carbocycles. The fourth-order valence-electron chi connectivity index (χ4n) is 4.12. The number of benzene rings is 2. The van der Waals surface area contributed by atoms with E-state index in [-0.39, 0.29) is 11.9 Å². The van der Waals surface area contributed by atoms with Crippen molar-refractivity contribution in [3.63, 3.8) is 0 Å². The van der Waals surface area contributed by atoms with Crippen molar-refractivity contribution in [2.45, 2.75) is 18.5 Å². The number of hydrogen-bond donors (Lipinski definition) is 1. The fourth-order valence-corrected chi connectivity index (χ4v) is 4.12. The minimum atomic E-state index is -0.205. The SMILES string of the molecule is COc1cc2c(cc1OC)C(c1ccc(F)cc1)N1CCNCC1C2. The second kappa shape index (κ2) is 6.65. The molecule has 2 aliphatic heterocycles. The van der Waals surface area contributed by atoms with Gasteiger partial charge in [0.15, 0.2) is 11.5 Å². The molecule has 0 spiro atoms. The monoisotopic (exact) mass is 342 g/mol. The normalized spacial score (nSPS) is 22.8. The van der Waals surface area contributed by atoms with Gasteiger partial charge >= 0.3 is 0 Å². The quantitative estimate of drug-likeness (QED) is 0.930. The average molecular weight is 342 g/mol. The summed E-state index contributed by atoms with van der Waals surface area (Å²) in [7, 11) is 3.33. The third-order valence-corrected chi connectivity index (χ3v) is 5.31. The second-order valence-electron chi connectivity index (χ2n) is 6.66. The smallest absolute Gasteiger partial charge is 0.161 e. The standard InChI is InChI=1S/C20H23FN2O2/c1-24-18-10-14-9-16-12-22-7-8-23(16)20(17(14)11-19(18)25-2)13-3-5-15(21)6-4-13/h3-6,10-11,16,20,22H,7-9,12H2,1-2H3. The first kappa shape index (κ1) is 16.4. The number of rotatable bonds is 3. The molecule has 1 fully saturated rings. The molecule has 0 amide bonds. The van der Waals surface area contributed by atoms with Crippen molar-refractivity contribution >= 4 is 0 Å². The Kier molecular flexibility index (Phi) is 4.36. The lowest BCUT2D eigenvalue weighted by Crippen LogP contribution is -2.55. The van der Waals surface area contributed by atoms with E-state index in [0.29, 0.717) is 6.04 Å². The van der Waals surface area contributed by atoms with Crippen molar-refractivity contribution < 1.29 is 13.9 Å². The van der Waals surface area contributed by atoms with Crippen LogP contribution in [-0.4, -0.2) is 44.8 Å². The number of hydrogen-bond acceptors (Lipinski definition) is 4. The van der Waals surface area contributed by atoms with Crippen LogP contribution in [0.4, 0.5) is 4.39 Å². The predicted octanol–water partition coefficient (Wildman–Crippen LogP) is 2.76. The summed E-state index contributed by atoms with van der Waals surface area (Å²) in [4.78, 5) is 2.53. The lowest BCUT2D eigenvalue weighted by molar-refractivity contribution is 0.111. The van der Waals surface area contributed by atoms with E-state index < -0.39 is 0 Å². The van der Waals surface area contributed by atoms with Gasteiger partial charge in [0.05, 0.1) is 20.3 Å². The van der Waals surface area contributed by atoms with Crippen molar-refractivity contribution in [1.29, 1.82) is 0 Å². The third kappa shape index (κ3) is 2.87. The van der Waals surface area contributed by atoms with E-state index in [1.54, 1.807) is 26.4 Å². The number of nitrogens with one attached hydrogen (secondary N) is 1. The molecule has 2 unspecified atom stereocenters. The molecule has 0 saturated carbocycles. The zero-order valence-electron chi connectivity index (χ0n) is 14.6. The summed E-state index contributed by atoms with van der Waals surface area (Å²) in [5.41, 5.74) is 3.61. The molecule has 132 valence electrons. The Labute approximate surface area is 147 Å². The maximum atomic E-state index is 13.4. The van der Waals surface area contributed by atoms with E-state index in [1.165, 1.54) is 11.1 Å². The van der Waals surface area contributed by atoms with Gasteiger partial charge in [-0.1, -0.05) is 12.1 Å². The minimum Gasteiger partial charge on any atom is -0.493 e. The average Bonchev–Trinajstić information content (AvgIpc) is 2.66. The molecule has 2 heterocycles. The summed E-state index contributed by atoms with van der Waals surface area (Å²) in [6, 6.07) is 11.6. The molecule has 2 aliphatic rings. The number of halogens is 1. The third-order valence-electron chi connectivity index (χ3n) is 5.31. The Morgan fingerprint density at radius 3 is 2.52 bits per heavy atom. The first-order chi connectivity index (χ1) is 12.2.